The number of hydrogen-bond acceptors (Lipinski definition) is 7. The van der Waals surface area contributed by atoms with Gasteiger partial charge in [0.15, 0.2) is 0 Å². The average molecular weight is 451 g/mol. The highest BCUT2D eigenvalue weighted by atomic mass is 19.4. The molecule has 172 valence electrons. The molecule has 0 aromatic heterocycles. The molecule has 0 fully saturated rings. The lowest BCUT2D eigenvalue weighted by Gasteiger charge is -2.26. The van der Waals surface area contributed by atoms with Gasteiger partial charge in [-0.05, 0) is 34.1 Å². The van der Waals surface area contributed by atoms with E-state index in [0.29, 0.717) is 13.0 Å². The summed E-state index contributed by atoms with van der Waals surface area (Å²) in [6.07, 6.45) is -7.98. The van der Waals surface area contributed by atoms with E-state index in [9.17, 15) is 45.5 Å². The first-order valence-electron chi connectivity index (χ1n) is 8.15. The van der Waals surface area contributed by atoms with Crippen molar-refractivity contribution in [2.75, 3.05) is 6.61 Å². The fraction of sp³-hybridized carbons (Fsp3) is 0.625. The number of esters is 3. The first kappa shape index (κ1) is 27.2. The first-order valence-corrected chi connectivity index (χ1v) is 8.15. The van der Waals surface area contributed by atoms with E-state index in [1.807, 2.05) is 0 Å². The molecule has 0 saturated carbocycles. The maximum Gasteiger partial charge on any atom is 0.491 e. The van der Waals surface area contributed by atoms with Gasteiger partial charge < -0.3 is 14.2 Å². The zero-order valence-electron chi connectivity index (χ0n) is 16.2. The number of carbonyl (C=O) groups excluding carboxylic acids is 4. The van der Waals surface area contributed by atoms with Crippen LogP contribution in [0.3, 0.4) is 0 Å². The molecule has 8 nitrogen and oxygen atoms in total. The summed E-state index contributed by atoms with van der Waals surface area (Å²) in [6, 6.07) is -0.593. The van der Waals surface area contributed by atoms with E-state index in [-0.39, 0.29) is 0 Å². The van der Waals surface area contributed by atoms with Crippen LogP contribution in [0.15, 0.2) is 12.3 Å². The molecule has 0 radical (unpaired) electrons. The Morgan fingerprint density at radius 1 is 0.967 bits per heavy atom. The normalized spacial score (nSPS) is 16.3. The molecule has 14 heteroatoms. The molecule has 0 aromatic carbocycles. The highest BCUT2D eigenvalue weighted by Gasteiger charge is 2.49. The number of nitrogens with zero attached hydrogens (tertiary/aromatic N) is 1. The van der Waals surface area contributed by atoms with E-state index >= 15 is 0 Å². The monoisotopic (exact) mass is 451 g/mol. The molecule has 1 atom stereocenters. The van der Waals surface area contributed by atoms with Crippen LogP contribution < -0.4 is 0 Å². The van der Waals surface area contributed by atoms with Gasteiger partial charge in [-0.2, -0.15) is 26.3 Å². The van der Waals surface area contributed by atoms with E-state index in [2.05, 4.69) is 4.74 Å². The second-order valence-corrected chi connectivity index (χ2v) is 6.45. The Hall–Kier alpha value is -2.80. The quantitative estimate of drug-likeness (QED) is 0.275. The number of alkyl halides is 6. The lowest BCUT2D eigenvalue weighted by atomic mass is 10.2. The van der Waals surface area contributed by atoms with Gasteiger partial charge in [-0.1, -0.05) is 6.08 Å². The molecule has 30 heavy (non-hydrogen) atoms. The lowest BCUT2D eigenvalue weighted by Crippen LogP contribution is -2.42. The standard InChI is InChI=1S/C12H19NO4.C4F6O3/c1-5-16-10(14)9-7-6-8-13(9)11(15)17-12(2,3)4;5-3(6,7)1(11)13-2(12)4(8,9)10/h6,8-9H,5,7H2,1-4H3;. The summed E-state index contributed by atoms with van der Waals surface area (Å²) in [6.45, 7) is 7.38. The Morgan fingerprint density at radius 2 is 1.43 bits per heavy atom. The Bertz CT molecular complexity index is 655. The predicted octanol–water partition coefficient (Wildman–Crippen LogP) is 3.25. The Labute approximate surface area is 166 Å². The highest BCUT2D eigenvalue weighted by molar-refractivity contribution is 5.90. The van der Waals surface area contributed by atoms with Gasteiger partial charge in [0.2, 0.25) is 0 Å². The number of amides is 1. The fourth-order valence-electron chi connectivity index (χ4n) is 1.67. The van der Waals surface area contributed by atoms with E-state index < -0.39 is 48.0 Å². The molecule has 1 rings (SSSR count). The number of carbonyl (C=O) groups is 4. The minimum Gasteiger partial charge on any atom is -0.464 e. The second-order valence-electron chi connectivity index (χ2n) is 6.45. The maximum absolute atomic E-state index is 11.8. The minimum atomic E-state index is -5.62. The van der Waals surface area contributed by atoms with Crippen LogP contribution in [-0.4, -0.2) is 59.5 Å². The highest BCUT2D eigenvalue weighted by Crippen LogP contribution is 2.22. The molecule has 0 saturated heterocycles. The van der Waals surface area contributed by atoms with Crippen molar-refractivity contribution in [1.29, 1.82) is 0 Å². The largest absolute Gasteiger partial charge is 0.491 e. The molecule has 0 aliphatic carbocycles. The van der Waals surface area contributed by atoms with Crippen LogP contribution in [0.25, 0.3) is 0 Å². The van der Waals surface area contributed by atoms with E-state index in [0.717, 1.165) is 0 Å². The number of rotatable bonds is 2. The van der Waals surface area contributed by atoms with Crippen LogP contribution in [0, 0.1) is 0 Å². The molecule has 1 heterocycles. The summed E-state index contributed by atoms with van der Waals surface area (Å²) < 4.78 is 79.8. The smallest absolute Gasteiger partial charge is 0.464 e. The molecule has 0 N–H and O–H groups in total. The zero-order chi connectivity index (χ0) is 23.9. The minimum absolute atomic E-state index is 0.303. The number of ether oxygens (including phenoxy) is 3. The summed E-state index contributed by atoms with van der Waals surface area (Å²) in [5.74, 6) is -6.80. The van der Waals surface area contributed by atoms with Gasteiger partial charge in [0.1, 0.15) is 11.6 Å². The van der Waals surface area contributed by atoms with Crippen molar-refractivity contribution in [3.8, 4) is 0 Å². The molecule has 0 bridgehead atoms. The number of hydrogen-bond donors (Lipinski definition) is 0. The van der Waals surface area contributed by atoms with Crippen molar-refractivity contribution in [3.63, 3.8) is 0 Å². The predicted molar refractivity (Wildman–Crippen MR) is 85.5 cm³/mol. The van der Waals surface area contributed by atoms with Crippen molar-refractivity contribution >= 4 is 24.0 Å². The number of halogens is 6. The van der Waals surface area contributed by atoms with Crippen molar-refractivity contribution < 1.29 is 59.7 Å². The van der Waals surface area contributed by atoms with Crippen molar-refractivity contribution in [1.82, 2.24) is 4.90 Å². The Balaban J connectivity index is 0.000000584. The molecular formula is C16H19F6NO7. The molecule has 1 aliphatic rings. The molecule has 1 unspecified atom stereocenters. The zero-order valence-corrected chi connectivity index (χ0v) is 16.2. The lowest BCUT2D eigenvalue weighted by molar-refractivity contribution is -0.221. The summed E-state index contributed by atoms with van der Waals surface area (Å²) in [7, 11) is 0. The third kappa shape index (κ3) is 9.60. The maximum atomic E-state index is 11.8. The van der Waals surface area contributed by atoms with Gasteiger partial charge in [0, 0.05) is 6.20 Å². The van der Waals surface area contributed by atoms with E-state index in [1.54, 1.807) is 40.0 Å². The summed E-state index contributed by atoms with van der Waals surface area (Å²) in [5, 5.41) is 0. The van der Waals surface area contributed by atoms with Gasteiger partial charge in [-0.3, -0.25) is 4.90 Å². The van der Waals surface area contributed by atoms with Crippen LogP contribution in [0.1, 0.15) is 34.1 Å². The fourth-order valence-corrected chi connectivity index (χ4v) is 1.67. The second kappa shape index (κ2) is 10.3. The van der Waals surface area contributed by atoms with E-state index in [4.69, 9.17) is 9.47 Å². The molecule has 0 aromatic rings. The van der Waals surface area contributed by atoms with Gasteiger partial charge >= 0.3 is 36.4 Å². The van der Waals surface area contributed by atoms with Crippen LogP contribution in [0.2, 0.25) is 0 Å². The average Bonchev–Trinajstić information content (AvgIpc) is 3.02. The Kier molecular flexibility index (Phi) is 9.33. The topological polar surface area (TPSA) is 99.2 Å². The van der Waals surface area contributed by atoms with E-state index in [1.165, 1.54) is 4.90 Å². The summed E-state index contributed by atoms with van der Waals surface area (Å²) in [5.41, 5.74) is -0.577. The summed E-state index contributed by atoms with van der Waals surface area (Å²) in [4.78, 5) is 44.0. The van der Waals surface area contributed by atoms with Crippen molar-refractivity contribution in [3.05, 3.63) is 12.3 Å². The molecule has 1 amide bonds. The van der Waals surface area contributed by atoms with Crippen molar-refractivity contribution in [2.45, 2.75) is 58.1 Å². The van der Waals surface area contributed by atoms with Crippen molar-refractivity contribution in [2.24, 2.45) is 0 Å². The van der Waals surface area contributed by atoms with Crippen LogP contribution in [0.5, 0.6) is 0 Å². The molecular weight excluding hydrogens is 432 g/mol. The van der Waals surface area contributed by atoms with Gasteiger partial charge in [-0.25, -0.2) is 19.2 Å². The summed E-state index contributed by atoms with van der Waals surface area (Å²) >= 11 is 0. The van der Waals surface area contributed by atoms with Gasteiger partial charge in [0.05, 0.1) is 6.61 Å². The van der Waals surface area contributed by atoms with Crippen LogP contribution in [-0.2, 0) is 28.6 Å². The third-order valence-corrected chi connectivity index (χ3v) is 2.77. The first-order chi connectivity index (χ1) is 13.4. The molecule has 0 spiro atoms. The SMILES string of the molecule is CCOC(=O)C1CC=CN1C(=O)OC(C)(C)C.O=C(OC(=O)C(F)(F)F)C(F)(F)F. The van der Waals surface area contributed by atoms with Gasteiger partial charge in [-0.15, -0.1) is 0 Å². The Morgan fingerprint density at radius 3 is 1.80 bits per heavy atom. The molecule has 1 aliphatic heterocycles. The van der Waals surface area contributed by atoms with Crippen LogP contribution in [0.4, 0.5) is 31.1 Å². The van der Waals surface area contributed by atoms with Gasteiger partial charge in [0.25, 0.3) is 0 Å². The van der Waals surface area contributed by atoms with Crippen LogP contribution >= 0.6 is 0 Å². The third-order valence-electron chi connectivity index (χ3n) is 2.77.